The number of fused-ring (bicyclic) bond motifs is 1. The number of aromatic amines is 1. The normalized spacial score (nSPS) is 11.7. The van der Waals surface area contributed by atoms with E-state index in [2.05, 4.69) is 40.4 Å². The van der Waals surface area contributed by atoms with Crippen molar-refractivity contribution in [3.05, 3.63) is 83.3 Å². The van der Waals surface area contributed by atoms with E-state index in [0.717, 1.165) is 28.8 Å². The van der Waals surface area contributed by atoms with Crippen molar-refractivity contribution in [3.8, 4) is 0 Å². The van der Waals surface area contributed by atoms with Crippen LogP contribution in [0.15, 0.2) is 65.7 Å². The van der Waals surface area contributed by atoms with Gasteiger partial charge < -0.3 is 10.3 Å². The number of hydrogen-bond donors (Lipinski definition) is 3. The maximum Gasteiger partial charge on any atom is 0.238 e. The number of hydrogen-bond acceptors (Lipinski definition) is 5. The van der Waals surface area contributed by atoms with E-state index in [4.69, 9.17) is 10.1 Å². The van der Waals surface area contributed by atoms with Crippen LogP contribution in [0.25, 0.3) is 11.0 Å². The molecule has 2 aromatic heterocycles. The monoisotopic (exact) mass is 421 g/mol. The Hall–Kier alpha value is -3.23. The van der Waals surface area contributed by atoms with E-state index in [-0.39, 0.29) is 4.90 Å². The number of H-pyrrole nitrogens is 1. The topological polar surface area (TPSA) is 114 Å². The molecule has 30 heavy (non-hydrogen) atoms. The molecule has 0 aliphatic heterocycles. The van der Waals surface area contributed by atoms with Crippen LogP contribution in [0, 0.1) is 0 Å². The molecule has 0 amide bonds. The van der Waals surface area contributed by atoms with Gasteiger partial charge in [0, 0.05) is 19.2 Å². The van der Waals surface area contributed by atoms with Gasteiger partial charge in [-0.2, -0.15) is 0 Å². The van der Waals surface area contributed by atoms with E-state index in [1.807, 2.05) is 18.3 Å². The number of nitrogens with two attached hydrogens (primary N) is 1. The predicted octanol–water partition coefficient (Wildman–Crippen LogP) is 3.37. The van der Waals surface area contributed by atoms with Crippen LogP contribution in [0.1, 0.15) is 29.4 Å². The number of benzene rings is 2. The molecular formula is C22H23N5O2S. The molecule has 0 saturated carbocycles. The van der Waals surface area contributed by atoms with Crippen LogP contribution >= 0.6 is 0 Å². The van der Waals surface area contributed by atoms with Gasteiger partial charge in [0.15, 0.2) is 5.82 Å². The lowest BCUT2D eigenvalue weighted by Gasteiger charge is -2.12. The predicted molar refractivity (Wildman–Crippen MR) is 118 cm³/mol. The van der Waals surface area contributed by atoms with Gasteiger partial charge in [-0.25, -0.2) is 23.5 Å². The zero-order valence-electron chi connectivity index (χ0n) is 16.6. The second-order valence-electron chi connectivity index (χ2n) is 7.07. The molecule has 0 aliphatic rings. The summed E-state index contributed by atoms with van der Waals surface area (Å²) in [5, 5.41) is 8.61. The molecule has 0 radical (unpaired) electrons. The van der Waals surface area contributed by atoms with Gasteiger partial charge >= 0.3 is 0 Å². The molecule has 0 fully saturated rings. The number of nitrogens with one attached hydrogen (secondary N) is 2. The summed E-state index contributed by atoms with van der Waals surface area (Å²) in [6, 6.07) is 16.7. The Morgan fingerprint density at radius 1 is 1.00 bits per heavy atom. The summed E-state index contributed by atoms with van der Waals surface area (Å²) in [6.07, 6.45) is 3.29. The molecule has 4 rings (SSSR count). The maximum atomic E-state index is 11.4. The first kappa shape index (κ1) is 20.1. The van der Waals surface area contributed by atoms with Gasteiger partial charge in [0.1, 0.15) is 11.3 Å². The van der Waals surface area contributed by atoms with E-state index in [9.17, 15) is 8.42 Å². The molecule has 8 heteroatoms. The number of sulfonamides is 1. The highest BCUT2D eigenvalue weighted by Gasteiger charge is 2.12. The number of rotatable bonds is 7. The van der Waals surface area contributed by atoms with Crippen molar-refractivity contribution in [2.24, 2.45) is 5.14 Å². The standard InChI is InChI=1S/C22H23N5O2S/c1-2-16-5-3-4-6-17(16)14-25-22-21-19(11-12-24-21)26-20(27-22)13-15-7-9-18(10-8-15)30(23,28)29/h3-12,24H,2,13-14H2,1H3,(H2,23,28,29)(H,25,26,27). The number of primary sulfonamides is 1. The maximum absolute atomic E-state index is 11.4. The first-order valence-corrected chi connectivity index (χ1v) is 11.2. The molecule has 0 spiro atoms. The third kappa shape index (κ3) is 4.34. The Morgan fingerprint density at radius 2 is 1.73 bits per heavy atom. The molecular weight excluding hydrogens is 398 g/mol. The van der Waals surface area contributed by atoms with E-state index in [0.29, 0.717) is 18.8 Å². The molecule has 2 aromatic carbocycles. The minimum Gasteiger partial charge on any atom is -0.364 e. The lowest BCUT2D eigenvalue weighted by molar-refractivity contribution is 0.598. The Balaban J connectivity index is 1.59. The zero-order chi connectivity index (χ0) is 21.1. The molecule has 0 saturated heterocycles. The Morgan fingerprint density at radius 3 is 2.43 bits per heavy atom. The Kier molecular flexibility index (Phi) is 5.52. The summed E-state index contributed by atoms with van der Waals surface area (Å²) in [5.74, 6) is 1.39. The molecule has 2 heterocycles. The largest absolute Gasteiger partial charge is 0.364 e. The smallest absolute Gasteiger partial charge is 0.238 e. The van der Waals surface area contributed by atoms with Gasteiger partial charge in [0.2, 0.25) is 10.0 Å². The van der Waals surface area contributed by atoms with Crippen molar-refractivity contribution in [2.75, 3.05) is 5.32 Å². The third-order valence-corrected chi connectivity index (χ3v) is 5.94. The molecule has 7 nitrogen and oxygen atoms in total. The van der Waals surface area contributed by atoms with Gasteiger partial charge in [-0.05, 0) is 41.3 Å². The second-order valence-corrected chi connectivity index (χ2v) is 8.63. The lowest BCUT2D eigenvalue weighted by Crippen LogP contribution is -2.12. The van der Waals surface area contributed by atoms with Crippen LogP contribution in [0.4, 0.5) is 5.82 Å². The summed E-state index contributed by atoms with van der Waals surface area (Å²) >= 11 is 0. The van der Waals surface area contributed by atoms with E-state index < -0.39 is 10.0 Å². The number of nitrogens with zero attached hydrogens (tertiary/aromatic N) is 2. The van der Waals surface area contributed by atoms with Crippen molar-refractivity contribution < 1.29 is 8.42 Å². The minimum atomic E-state index is -3.71. The Labute approximate surface area is 175 Å². The zero-order valence-corrected chi connectivity index (χ0v) is 17.4. The van der Waals surface area contributed by atoms with Crippen molar-refractivity contribution in [3.63, 3.8) is 0 Å². The first-order chi connectivity index (χ1) is 14.4. The molecule has 4 N–H and O–H groups in total. The summed E-state index contributed by atoms with van der Waals surface area (Å²) in [5.41, 5.74) is 5.12. The fraction of sp³-hybridized carbons (Fsp3) is 0.182. The van der Waals surface area contributed by atoms with Crippen LogP contribution in [-0.4, -0.2) is 23.4 Å². The van der Waals surface area contributed by atoms with Crippen molar-refractivity contribution in [1.29, 1.82) is 0 Å². The highest BCUT2D eigenvalue weighted by Crippen LogP contribution is 2.21. The fourth-order valence-electron chi connectivity index (χ4n) is 3.43. The third-order valence-electron chi connectivity index (χ3n) is 5.01. The quantitative estimate of drug-likeness (QED) is 0.423. The summed E-state index contributed by atoms with van der Waals surface area (Å²) < 4.78 is 22.9. The average Bonchev–Trinajstić information content (AvgIpc) is 3.21. The van der Waals surface area contributed by atoms with E-state index >= 15 is 0 Å². The van der Waals surface area contributed by atoms with Crippen molar-refractivity contribution in [2.45, 2.75) is 31.2 Å². The number of aromatic nitrogens is 3. The lowest BCUT2D eigenvalue weighted by atomic mass is 10.1. The van der Waals surface area contributed by atoms with E-state index in [1.54, 1.807) is 12.1 Å². The second kappa shape index (κ2) is 8.25. The molecule has 4 aromatic rings. The average molecular weight is 422 g/mol. The van der Waals surface area contributed by atoms with Gasteiger partial charge in [0.05, 0.1) is 10.4 Å². The molecule has 0 bridgehead atoms. The highest BCUT2D eigenvalue weighted by molar-refractivity contribution is 7.89. The fourth-order valence-corrected chi connectivity index (χ4v) is 3.95. The minimum absolute atomic E-state index is 0.0881. The van der Waals surface area contributed by atoms with Crippen LogP contribution in [0.5, 0.6) is 0 Å². The van der Waals surface area contributed by atoms with Gasteiger partial charge in [0.25, 0.3) is 0 Å². The van der Waals surface area contributed by atoms with Crippen molar-refractivity contribution in [1.82, 2.24) is 15.0 Å². The summed E-state index contributed by atoms with van der Waals surface area (Å²) in [4.78, 5) is 12.6. The van der Waals surface area contributed by atoms with Crippen LogP contribution in [0.2, 0.25) is 0 Å². The van der Waals surface area contributed by atoms with Gasteiger partial charge in [-0.3, -0.25) is 0 Å². The summed E-state index contributed by atoms with van der Waals surface area (Å²) in [6.45, 7) is 2.81. The first-order valence-electron chi connectivity index (χ1n) is 9.70. The van der Waals surface area contributed by atoms with Crippen LogP contribution in [-0.2, 0) is 29.4 Å². The van der Waals surface area contributed by atoms with Crippen LogP contribution in [0.3, 0.4) is 0 Å². The number of aryl methyl sites for hydroxylation is 1. The molecule has 154 valence electrons. The molecule has 0 atom stereocenters. The van der Waals surface area contributed by atoms with Gasteiger partial charge in [-0.15, -0.1) is 0 Å². The SMILES string of the molecule is CCc1ccccc1CNc1nc(Cc2ccc(S(N)(=O)=O)cc2)nc2cc[nH]c12. The van der Waals surface area contributed by atoms with E-state index in [1.165, 1.54) is 23.3 Å². The number of anilines is 1. The highest BCUT2D eigenvalue weighted by atomic mass is 32.2. The Bertz CT molecular complexity index is 1280. The van der Waals surface area contributed by atoms with Crippen molar-refractivity contribution >= 4 is 26.9 Å². The summed E-state index contributed by atoms with van der Waals surface area (Å²) in [7, 11) is -3.71. The van der Waals surface area contributed by atoms with Gasteiger partial charge in [-0.1, -0.05) is 43.3 Å². The van der Waals surface area contributed by atoms with Crippen LogP contribution < -0.4 is 10.5 Å². The molecule has 0 aliphatic carbocycles. The molecule has 0 unspecified atom stereocenters.